The lowest BCUT2D eigenvalue weighted by Gasteiger charge is -2.42. The van der Waals surface area contributed by atoms with Gasteiger partial charge >= 0.3 is 5.97 Å². The second kappa shape index (κ2) is 3.40. The standard InChI is InChI=1S/C10H11NO5/c1-16-8(14)5-6(12)10(3-2-4-10)9(15)11-7(5)13/h5H,2-4H2,1H3,(H,11,13,15). The molecule has 1 aliphatic heterocycles. The smallest absolute Gasteiger partial charge is 0.325 e. The van der Waals surface area contributed by atoms with Gasteiger partial charge in [-0.1, -0.05) is 6.42 Å². The Morgan fingerprint density at radius 1 is 1.38 bits per heavy atom. The molecule has 86 valence electrons. The Balaban J connectivity index is 2.34. The molecule has 2 aliphatic rings. The minimum Gasteiger partial charge on any atom is -0.468 e. The van der Waals surface area contributed by atoms with Gasteiger partial charge in [-0.05, 0) is 12.8 Å². The number of hydrogen-bond acceptors (Lipinski definition) is 5. The summed E-state index contributed by atoms with van der Waals surface area (Å²) >= 11 is 0. The van der Waals surface area contributed by atoms with E-state index in [0.29, 0.717) is 12.8 Å². The van der Waals surface area contributed by atoms with Crippen molar-refractivity contribution in [1.29, 1.82) is 0 Å². The molecule has 0 aromatic rings. The Labute approximate surface area is 91.3 Å². The van der Waals surface area contributed by atoms with Crippen LogP contribution in [0.4, 0.5) is 0 Å². The van der Waals surface area contributed by atoms with Crippen LogP contribution in [-0.4, -0.2) is 30.7 Å². The molecule has 0 radical (unpaired) electrons. The molecule has 1 spiro atoms. The molecule has 1 saturated carbocycles. The van der Waals surface area contributed by atoms with E-state index in [1.54, 1.807) is 0 Å². The maximum Gasteiger partial charge on any atom is 0.325 e. The monoisotopic (exact) mass is 225 g/mol. The molecular weight excluding hydrogens is 214 g/mol. The van der Waals surface area contributed by atoms with Crippen LogP contribution in [0.2, 0.25) is 0 Å². The third-order valence-corrected chi connectivity index (χ3v) is 3.31. The fourth-order valence-corrected chi connectivity index (χ4v) is 2.15. The van der Waals surface area contributed by atoms with E-state index in [2.05, 4.69) is 10.1 Å². The van der Waals surface area contributed by atoms with Crippen LogP contribution in [-0.2, 0) is 23.9 Å². The van der Waals surface area contributed by atoms with Crippen LogP contribution in [0.1, 0.15) is 19.3 Å². The second-order valence-electron chi connectivity index (χ2n) is 4.07. The number of piperidine rings is 1. The molecule has 1 saturated heterocycles. The number of esters is 1. The molecule has 0 aromatic carbocycles. The zero-order chi connectivity index (χ0) is 11.9. The van der Waals surface area contributed by atoms with Gasteiger partial charge in [0.25, 0.3) is 0 Å². The van der Waals surface area contributed by atoms with E-state index in [9.17, 15) is 19.2 Å². The number of Topliss-reactive ketones (excluding diaryl/α,β-unsaturated/α-hetero) is 1. The Morgan fingerprint density at radius 3 is 2.44 bits per heavy atom. The summed E-state index contributed by atoms with van der Waals surface area (Å²) in [7, 11) is 1.10. The SMILES string of the molecule is COC(=O)C1C(=O)NC(=O)C2(CCC2)C1=O. The molecule has 0 bridgehead atoms. The van der Waals surface area contributed by atoms with Gasteiger partial charge in [-0.25, -0.2) is 0 Å². The van der Waals surface area contributed by atoms with Crippen molar-refractivity contribution in [1.82, 2.24) is 5.32 Å². The highest BCUT2D eigenvalue weighted by Crippen LogP contribution is 2.45. The van der Waals surface area contributed by atoms with Crippen molar-refractivity contribution in [3.8, 4) is 0 Å². The van der Waals surface area contributed by atoms with Gasteiger partial charge in [0.15, 0.2) is 11.7 Å². The highest BCUT2D eigenvalue weighted by molar-refractivity contribution is 6.30. The number of imide groups is 1. The van der Waals surface area contributed by atoms with Crippen LogP contribution >= 0.6 is 0 Å². The summed E-state index contributed by atoms with van der Waals surface area (Å²) in [5, 5.41) is 2.07. The Morgan fingerprint density at radius 2 is 2.00 bits per heavy atom. The average Bonchev–Trinajstić information content (AvgIpc) is 2.14. The van der Waals surface area contributed by atoms with E-state index in [1.165, 1.54) is 0 Å². The number of carbonyl (C=O) groups excluding carboxylic acids is 4. The number of ketones is 1. The number of ether oxygens (including phenoxy) is 1. The number of carbonyl (C=O) groups is 4. The van der Waals surface area contributed by atoms with Gasteiger partial charge in [0, 0.05) is 0 Å². The molecule has 0 aromatic heterocycles. The molecule has 1 heterocycles. The molecule has 2 rings (SSSR count). The van der Waals surface area contributed by atoms with E-state index >= 15 is 0 Å². The van der Waals surface area contributed by atoms with E-state index in [1.807, 2.05) is 0 Å². The average molecular weight is 225 g/mol. The maximum atomic E-state index is 12.0. The molecular formula is C10H11NO5. The Kier molecular flexibility index (Phi) is 2.29. The summed E-state index contributed by atoms with van der Waals surface area (Å²) in [5.74, 6) is -4.45. The molecule has 16 heavy (non-hydrogen) atoms. The number of amides is 2. The van der Waals surface area contributed by atoms with Gasteiger partial charge in [-0.2, -0.15) is 0 Å². The van der Waals surface area contributed by atoms with Gasteiger partial charge in [0.1, 0.15) is 5.41 Å². The zero-order valence-corrected chi connectivity index (χ0v) is 8.74. The van der Waals surface area contributed by atoms with E-state index in [-0.39, 0.29) is 0 Å². The predicted molar refractivity (Wildman–Crippen MR) is 49.9 cm³/mol. The number of methoxy groups -OCH3 is 1. The van der Waals surface area contributed by atoms with Crippen LogP contribution in [0.15, 0.2) is 0 Å². The van der Waals surface area contributed by atoms with Crippen LogP contribution in [0.3, 0.4) is 0 Å². The number of nitrogens with one attached hydrogen (secondary N) is 1. The first-order valence-electron chi connectivity index (χ1n) is 5.00. The van der Waals surface area contributed by atoms with E-state index in [4.69, 9.17) is 0 Å². The molecule has 2 fully saturated rings. The van der Waals surface area contributed by atoms with Crippen molar-refractivity contribution >= 4 is 23.6 Å². The normalized spacial score (nSPS) is 27.3. The third-order valence-electron chi connectivity index (χ3n) is 3.31. The molecule has 1 aliphatic carbocycles. The quantitative estimate of drug-likeness (QED) is 0.357. The van der Waals surface area contributed by atoms with Gasteiger partial charge in [0.05, 0.1) is 7.11 Å². The fraction of sp³-hybridized carbons (Fsp3) is 0.600. The largest absolute Gasteiger partial charge is 0.468 e. The summed E-state index contributed by atoms with van der Waals surface area (Å²) in [6.07, 6.45) is 1.55. The lowest BCUT2D eigenvalue weighted by atomic mass is 9.61. The summed E-state index contributed by atoms with van der Waals surface area (Å²) in [4.78, 5) is 46.2. The highest BCUT2D eigenvalue weighted by Gasteiger charge is 2.60. The van der Waals surface area contributed by atoms with Crippen molar-refractivity contribution in [3.63, 3.8) is 0 Å². The Hall–Kier alpha value is -1.72. The van der Waals surface area contributed by atoms with Crippen molar-refractivity contribution < 1.29 is 23.9 Å². The molecule has 1 N–H and O–H groups in total. The summed E-state index contributed by atoms with van der Waals surface area (Å²) in [5.41, 5.74) is -1.16. The summed E-state index contributed by atoms with van der Waals surface area (Å²) < 4.78 is 4.40. The van der Waals surface area contributed by atoms with Gasteiger partial charge < -0.3 is 4.74 Å². The lowest BCUT2D eigenvalue weighted by Crippen LogP contribution is -2.63. The van der Waals surface area contributed by atoms with E-state index in [0.717, 1.165) is 13.5 Å². The minimum absolute atomic E-state index is 0.401. The van der Waals surface area contributed by atoms with Crippen LogP contribution < -0.4 is 5.32 Å². The molecule has 1 atom stereocenters. The topological polar surface area (TPSA) is 89.5 Å². The lowest BCUT2D eigenvalue weighted by molar-refractivity contribution is -0.166. The number of rotatable bonds is 1. The summed E-state index contributed by atoms with van der Waals surface area (Å²) in [6, 6.07) is 0. The first-order valence-corrected chi connectivity index (χ1v) is 5.00. The van der Waals surface area contributed by atoms with Gasteiger partial charge in [0.2, 0.25) is 11.8 Å². The van der Waals surface area contributed by atoms with E-state index < -0.39 is 34.9 Å². The van der Waals surface area contributed by atoms with Crippen LogP contribution in [0.25, 0.3) is 0 Å². The maximum absolute atomic E-state index is 12.0. The fourth-order valence-electron chi connectivity index (χ4n) is 2.15. The molecule has 6 nitrogen and oxygen atoms in total. The van der Waals surface area contributed by atoms with Crippen molar-refractivity contribution in [2.75, 3.05) is 7.11 Å². The van der Waals surface area contributed by atoms with Crippen molar-refractivity contribution in [2.24, 2.45) is 11.3 Å². The second-order valence-corrected chi connectivity index (χ2v) is 4.07. The number of hydrogen-bond donors (Lipinski definition) is 1. The third kappa shape index (κ3) is 1.19. The zero-order valence-electron chi connectivity index (χ0n) is 8.74. The van der Waals surface area contributed by atoms with Crippen LogP contribution in [0.5, 0.6) is 0 Å². The predicted octanol–water partition coefficient (Wildman–Crippen LogP) is -0.829. The van der Waals surface area contributed by atoms with Crippen LogP contribution in [0, 0.1) is 11.3 Å². The molecule has 2 amide bonds. The summed E-state index contributed by atoms with van der Waals surface area (Å²) in [6.45, 7) is 0. The molecule has 6 heteroatoms. The highest BCUT2D eigenvalue weighted by atomic mass is 16.5. The molecule has 1 unspecified atom stereocenters. The van der Waals surface area contributed by atoms with Gasteiger partial charge in [-0.3, -0.25) is 24.5 Å². The first kappa shape index (κ1) is 10.8. The first-order chi connectivity index (χ1) is 7.53. The Bertz CT molecular complexity index is 396. The van der Waals surface area contributed by atoms with Gasteiger partial charge in [-0.15, -0.1) is 0 Å². The van der Waals surface area contributed by atoms with Crippen molar-refractivity contribution in [3.05, 3.63) is 0 Å². The minimum atomic E-state index is -1.48. The van der Waals surface area contributed by atoms with Crippen molar-refractivity contribution in [2.45, 2.75) is 19.3 Å².